The van der Waals surface area contributed by atoms with Gasteiger partial charge in [-0.05, 0) is 37.9 Å². The molecule has 8 nitrogen and oxygen atoms in total. The lowest BCUT2D eigenvalue weighted by molar-refractivity contribution is 0.0722. The van der Waals surface area contributed by atoms with Crippen LogP contribution < -0.4 is 5.32 Å². The Labute approximate surface area is 175 Å². The first kappa shape index (κ1) is 19.0. The van der Waals surface area contributed by atoms with Gasteiger partial charge < -0.3 is 14.6 Å². The molecule has 1 amide bonds. The van der Waals surface area contributed by atoms with E-state index in [-0.39, 0.29) is 5.91 Å². The molecule has 3 aromatic rings. The molecule has 0 spiro atoms. The molecule has 0 aliphatic carbocycles. The highest BCUT2D eigenvalue weighted by Crippen LogP contribution is 2.26. The van der Waals surface area contributed by atoms with Crippen LogP contribution in [0.25, 0.3) is 11.5 Å². The van der Waals surface area contributed by atoms with Crippen molar-refractivity contribution >= 4 is 5.91 Å². The molecule has 2 aliphatic rings. The van der Waals surface area contributed by atoms with Crippen molar-refractivity contribution in [1.29, 1.82) is 0 Å². The summed E-state index contributed by atoms with van der Waals surface area (Å²) in [6.07, 6.45) is 7.17. The molecule has 4 heterocycles. The fourth-order valence-corrected chi connectivity index (χ4v) is 4.20. The van der Waals surface area contributed by atoms with Gasteiger partial charge in [-0.15, -0.1) is 5.10 Å². The quantitative estimate of drug-likeness (QED) is 0.701. The first-order valence-electron chi connectivity index (χ1n) is 10.7. The number of fused-ring (bicyclic) bond motifs is 1. The van der Waals surface area contributed by atoms with E-state index in [2.05, 4.69) is 20.6 Å². The number of rotatable bonds is 5. The molecule has 0 saturated carbocycles. The van der Waals surface area contributed by atoms with E-state index in [1.165, 1.54) is 19.3 Å². The molecule has 2 aromatic heterocycles. The third kappa shape index (κ3) is 4.00. The zero-order chi connectivity index (χ0) is 20.3. The molecule has 1 N–H and O–H groups in total. The molecule has 2 aliphatic heterocycles. The Balaban J connectivity index is 1.22. The van der Waals surface area contributed by atoms with Gasteiger partial charge in [0.15, 0.2) is 5.69 Å². The van der Waals surface area contributed by atoms with E-state index < -0.39 is 0 Å². The zero-order valence-corrected chi connectivity index (χ0v) is 17.0. The summed E-state index contributed by atoms with van der Waals surface area (Å²) >= 11 is 0. The van der Waals surface area contributed by atoms with Gasteiger partial charge in [-0.25, -0.2) is 4.98 Å². The van der Waals surface area contributed by atoms with Gasteiger partial charge in [-0.1, -0.05) is 29.8 Å². The van der Waals surface area contributed by atoms with E-state index in [0.717, 1.165) is 36.5 Å². The second-order valence-electron chi connectivity index (χ2n) is 8.03. The standard InChI is InChI=1S/C22H26N6O2/c29-22(19-15-28(26-25-19)13-9-17-8-4-5-11-23-17)27-12-10-20-18(14-27)24-21(30-20)16-6-2-1-3-7-16/h1-3,6-7,15,17,23H,4-5,8-14H2. The van der Waals surface area contributed by atoms with Gasteiger partial charge in [0.2, 0.25) is 5.89 Å². The Kier molecular flexibility index (Phi) is 5.31. The van der Waals surface area contributed by atoms with Gasteiger partial charge in [0, 0.05) is 31.1 Å². The maximum atomic E-state index is 12.9. The van der Waals surface area contributed by atoms with Gasteiger partial charge in [0.25, 0.3) is 5.91 Å². The fraction of sp³-hybridized carbons (Fsp3) is 0.455. The predicted molar refractivity (Wildman–Crippen MR) is 111 cm³/mol. The normalized spacial score (nSPS) is 18.9. The number of nitrogens with zero attached hydrogens (tertiary/aromatic N) is 5. The Morgan fingerprint density at radius 3 is 2.97 bits per heavy atom. The number of hydrogen-bond acceptors (Lipinski definition) is 6. The molecule has 0 bridgehead atoms. The molecule has 0 radical (unpaired) electrons. The van der Waals surface area contributed by atoms with E-state index in [1.807, 2.05) is 30.3 Å². The minimum Gasteiger partial charge on any atom is -0.441 e. The van der Waals surface area contributed by atoms with E-state index in [0.29, 0.717) is 37.1 Å². The van der Waals surface area contributed by atoms with Gasteiger partial charge in [-0.3, -0.25) is 9.48 Å². The molecule has 1 saturated heterocycles. The van der Waals surface area contributed by atoms with Gasteiger partial charge >= 0.3 is 0 Å². The number of benzene rings is 1. The first-order chi connectivity index (χ1) is 14.8. The number of piperidine rings is 1. The molecule has 156 valence electrons. The smallest absolute Gasteiger partial charge is 0.276 e. The number of carbonyl (C=O) groups excluding carboxylic acids is 1. The molecule has 8 heteroatoms. The summed E-state index contributed by atoms with van der Waals surface area (Å²) < 4.78 is 7.71. The van der Waals surface area contributed by atoms with Crippen LogP contribution in [-0.4, -0.2) is 49.9 Å². The molecule has 30 heavy (non-hydrogen) atoms. The van der Waals surface area contributed by atoms with Crippen LogP contribution >= 0.6 is 0 Å². The minimum atomic E-state index is -0.105. The second-order valence-corrected chi connectivity index (χ2v) is 8.03. The average Bonchev–Trinajstić information content (AvgIpc) is 3.45. The molecule has 5 rings (SSSR count). The summed E-state index contributed by atoms with van der Waals surface area (Å²) in [5.74, 6) is 1.37. The lowest BCUT2D eigenvalue weighted by atomic mass is 10.0. The molecule has 1 fully saturated rings. The third-order valence-corrected chi connectivity index (χ3v) is 5.91. The predicted octanol–water partition coefficient (Wildman–Crippen LogP) is 2.66. The van der Waals surface area contributed by atoms with Crippen molar-refractivity contribution < 1.29 is 9.21 Å². The molecule has 1 unspecified atom stereocenters. The Morgan fingerprint density at radius 1 is 1.23 bits per heavy atom. The highest BCUT2D eigenvalue weighted by atomic mass is 16.4. The van der Waals surface area contributed by atoms with E-state index in [1.54, 1.807) is 15.8 Å². The van der Waals surface area contributed by atoms with Crippen molar-refractivity contribution in [1.82, 2.24) is 30.2 Å². The number of amides is 1. The SMILES string of the molecule is O=C(c1cn(CCC2CCCCN2)nn1)N1CCc2oc(-c3ccccc3)nc2C1. The Hall–Kier alpha value is -3.00. The number of oxazole rings is 1. The van der Waals surface area contributed by atoms with Crippen LogP contribution in [0.1, 0.15) is 47.6 Å². The number of hydrogen-bond donors (Lipinski definition) is 1. The van der Waals surface area contributed by atoms with Crippen molar-refractivity contribution in [2.24, 2.45) is 0 Å². The molecular formula is C22H26N6O2. The second kappa shape index (κ2) is 8.39. The van der Waals surface area contributed by atoms with Crippen LogP contribution in [-0.2, 0) is 19.5 Å². The number of aromatic nitrogens is 4. The summed E-state index contributed by atoms with van der Waals surface area (Å²) in [5.41, 5.74) is 2.16. The summed E-state index contributed by atoms with van der Waals surface area (Å²) in [4.78, 5) is 19.3. The maximum absolute atomic E-state index is 12.9. The fourth-order valence-electron chi connectivity index (χ4n) is 4.20. The lowest BCUT2D eigenvalue weighted by Crippen LogP contribution is -2.36. The van der Waals surface area contributed by atoms with Crippen LogP contribution in [0.4, 0.5) is 0 Å². The maximum Gasteiger partial charge on any atom is 0.276 e. The van der Waals surface area contributed by atoms with Crippen LogP contribution in [0.2, 0.25) is 0 Å². The topological polar surface area (TPSA) is 89.1 Å². The summed E-state index contributed by atoms with van der Waals surface area (Å²) in [6, 6.07) is 10.4. The van der Waals surface area contributed by atoms with E-state index in [9.17, 15) is 4.79 Å². The number of nitrogens with one attached hydrogen (secondary N) is 1. The van der Waals surface area contributed by atoms with E-state index in [4.69, 9.17) is 4.42 Å². The van der Waals surface area contributed by atoms with Crippen LogP contribution in [0.5, 0.6) is 0 Å². The van der Waals surface area contributed by atoms with Crippen molar-refractivity contribution in [3.63, 3.8) is 0 Å². The van der Waals surface area contributed by atoms with Crippen molar-refractivity contribution in [2.45, 2.75) is 51.2 Å². The van der Waals surface area contributed by atoms with Gasteiger partial charge in [0.1, 0.15) is 11.5 Å². The van der Waals surface area contributed by atoms with Gasteiger partial charge in [-0.2, -0.15) is 0 Å². The summed E-state index contributed by atoms with van der Waals surface area (Å²) in [5, 5.41) is 11.8. The van der Waals surface area contributed by atoms with E-state index >= 15 is 0 Å². The van der Waals surface area contributed by atoms with Crippen LogP contribution in [0, 0.1) is 0 Å². The Morgan fingerprint density at radius 2 is 2.13 bits per heavy atom. The lowest BCUT2D eigenvalue weighted by Gasteiger charge is -2.24. The largest absolute Gasteiger partial charge is 0.441 e. The third-order valence-electron chi connectivity index (χ3n) is 5.91. The van der Waals surface area contributed by atoms with Crippen LogP contribution in [0.3, 0.4) is 0 Å². The number of aryl methyl sites for hydroxylation is 1. The number of carbonyl (C=O) groups is 1. The van der Waals surface area contributed by atoms with Crippen molar-refractivity contribution in [3.05, 3.63) is 53.7 Å². The molecular weight excluding hydrogens is 380 g/mol. The van der Waals surface area contributed by atoms with Gasteiger partial charge in [0.05, 0.1) is 12.7 Å². The van der Waals surface area contributed by atoms with Crippen molar-refractivity contribution in [3.8, 4) is 11.5 Å². The minimum absolute atomic E-state index is 0.105. The van der Waals surface area contributed by atoms with Crippen molar-refractivity contribution in [2.75, 3.05) is 13.1 Å². The summed E-state index contributed by atoms with van der Waals surface area (Å²) in [7, 11) is 0. The highest BCUT2D eigenvalue weighted by Gasteiger charge is 2.28. The molecule has 1 aromatic carbocycles. The Bertz CT molecular complexity index is 1010. The van der Waals surface area contributed by atoms with Crippen LogP contribution in [0.15, 0.2) is 40.9 Å². The highest BCUT2D eigenvalue weighted by molar-refractivity contribution is 5.92. The first-order valence-corrected chi connectivity index (χ1v) is 10.7. The molecule has 1 atom stereocenters. The summed E-state index contributed by atoms with van der Waals surface area (Å²) in [6.45, 7) is 2.89. The average molecular weight is 406 g/mol. The monoisotopic (exact) mass is 406 g/mol. The zero-order valence-electron chi connectivity index (χ0n) is 17.0.